The highest BCUT2D eigenvalue weighted by Gasteiger charge is 2.19. The monoisotopic (exact) mass is 332 g/mol. The molecule has 18 heavy (non-hydrogen) atoms. The average molecular weight is 334 g/mol. The fourth-order valence-electron chi connectivity index (χ4n) is 2.47. The molecule has 0 amide bonds. The van der Waals surface area contributed by atoms with Gasteiger partial charge in [-0.15, -0.1) is 0 Å². The lowest BCUT2D eigenvalue weighted by atomic mass is 10.0. The Hall–Kier alpha value is -0.250. The van der Waals surface area contributed by atoms with Crippen LogP contribution in [0.2, 0.25) is 5.02 Å². The van der Waals surface area contributed by atoms with Gasteiger partial charge in [0.05, 0.1) is 11.1 Å². The number of hydrogen-bond donors (Lipinski definition) is 1. The van der Waals surface area contributed by atoms with E-state index in [1.807, 2.05) is 12.1 Å². The topological polar surface area (TPSA) is 29.5 Å². The van der Waals surface area contributed by atoms with E-state index in [-0.39, 0.29) is 0 Å². The number of halogens is 2. The van der Waals surface area contributed by atoms with E-state index in [1.54, 1.807) is 6.07 Å². The van der Waals surface area contributed by atoms with E-state index in [2.05, 4.69) is 15.9 Å². The lowest BCUT2D eigenvalue weighted by Crippen LogP contribution is -2.20. The lowest BCUT2D eigenvalue weighted by molar-refractivity contribution is 0.0855. The Morgan fingerprint density at radius 1 is 1.39 bits per heavy atom. The summed E-state index contributed by atoms with van der Waals surface area (Å²) in [6.07, 6.45) is 5.53. The number of ether oxygens (including phenoxy) is 1. The summed E-state index contributed by atoms with van der Waals surface area (Å²) < 4.78 is 6.50. The molecule has 1 aromatic rings. The van der Waals surface area contributed by atoms with Crippen molar-refractivity contribution in [1.82, 2.24) is 0 Å². The van der Waals surface area contributed by atoms with E-state index in [0.29, 0.717) is 23.3 Å². The van der Waals surface area contributed by atoms with Gasteiger partial charge in [-0.3, -0.25) is 0 Å². The number of benzene rings is 1. The van der Waals surface area contributed by atoms with E-state index in [1.165, 1.54) is 25.7 Å². The highest BCUT2D eigenvalue weighted by Crippen LogP contribution is 2.30. The van der Waals surface area contributed by atoms with E-state index in [9.17, 15) is 5.11 Å². The lowest BCUT2D eigenvalue weighted by Gasteiger charge is -2.16. The number of hydrogen-bond acceptors (Lipinski definition) is 2. The Labute approximate surface area is 121 Å². The first-order valence-corrected chi connectivity index (χ1v) is 7.58. The van der Waals surface area contributed by atoms with E-state index in [0.717, 1.165) is 10.9 Å². The minimum absolute atomic E-state index is 0.312. The summed E-state index contributed by atoms with van der Waals surface area (Å²) in [5.41, 5.74) is 0. The van der Waals surface area contributed by atoms with Crippen molar-refractivity contribution in [2.24, 2.45) is 5.92 Å². The van der Waals surface area contributed by atoms with Crippen molar-refractivity contribution in [3.63, 3.8) is 0 Å². The van der Waals surface area contributed by atoms with Crippen molar-refractivity contribution >= 4 is 27.5 Å². The standard InChI is InChI=1S/C14H18BrClO2/c15-11-5-6-13(16)14(8-11)18-9-12(17)7-10-3-1-2-4-10/h5-6,8,10,12,17H,1-4,7,9H2. The molecule has 4 heteroatoms. The zero-order valence-electron chi connectivity index (χ0n) is 10.2. The van der Waals surface area contributed by atoms with E-state index < -0.39 is 6.10 Å². The molecule has 1 fully saturated rings. The Bertz CT molecular complexity index is 391. The van der Waals surface area contributed by atoms with E-state index >= 15 is 0 Å². The second kappa shape index (κ2) is 6.78. The number of rotatable bonds is 5. The summed E-state index contributed by atoms with van der Waals surface area (Å²) in [6.45, 7) is 0.312. The molecule has 0 saturated heterocycles. The first-order chi connectivity index (χ1) is 8.65. The van der Waals surface area contributed by atoms with Crippen LogP contribution in [0.5, 0.6) is 5.75 Å². The van der Waals surface area contributed by atoms with Crippen molar-refractivity contribution in [2.45, 2.75) is 38.2 Å². The third-order valence-electron chi connectivity index (χ3n) is 3.40. The molecule has 0 bridgehead atoms. The van der Waals surface area contributed by atoms with Gasteiger partial charge in [0.1, 0.15) is 12.4 Å². The predicted octanol–water partition coefficient (Wildman–Crippen LogP) is 4.42. The molecule has 0 aromatic heterocycles. The average Bonchev–Trinajstić information content (AvgIpc) is 2.83. The second-order valence-electron chi connectivity index (χ2n) is 4.93. The first kappa shape index (κ1) is 14.2. The summed E-state index contributed by atoms with van der Waals surface area (Å²) in [4.78, 5) is 0. The van der Waals surface area contributed by atoms with Crippen molar-refractivity contribution in [1.29, 1.82) is 0 Å². The second-order valence-corrected chi connectivity index (χ2v) is 6.25. The molecular weight excluding hydrogens is 316 g/mol. The molecule has 1 aliphatic carbocycles. The van der Waals surface area contributed by atoms with Crippen LogP contribution < -0.4 is 4.74 Å². The summed E-state index contributed by atoms with van der Waals surface area (Å²) in [6, 6.07) is 5.47. The van der Waals surface area contributed by atoms with Crippen LogP contribution in [-0.2, 0) is 0 Å². The molecule has 0 radical (unpaired) electrons. The molecule has 2 nitrogen and oxygen atoms in total. The van der Waals surface area contributed by atoms with Gasteiger partial charge in [0.2, 0.25) is 0 Å². The zero-order chi connectivity index (χ0) is 13.0. The van der Waals surface area contributed by atoms with Gasteiger partial charge in [0.25, 0.3) is 0 Å². The van der Waals surface area contributed by atoms with Gasteiger partial charge in [-0.25, -0.2) is 0 Å². The van der Waals surface area contributed by atoms with Gasteiger partial charge in [-0.1, -0.05) is 53.2 Å². The molecule has 1 saturated carbocycles. The highest BCUT2D eigenvalue weighted by molar-refractivity contribution is 9.10. The van der Waals surface area contributed by atoms with Gasteiger partial charge in [-0.05, 0) is 30.5 Å². The third kappa shape index (κ3) is 4.15. The van der Waals surface area contributed by atoms with Crippen molar-refractivity contribution in [3.8, 4) is 5.75 Å². The third-order valence-corrected chi connectivity index (χ3v) is 4.21. The van der Waals surface area contributed by atoms with Gasteiger partial charge in [0, 0.05) is 4.47 Å². The number of aliphatic hydroxyl groups is 1. The van der Waals surface area contributed by atoms with Crippen LogP contribution in [0.15, 0.2) is 22.7 Å². The van der Waals surface area contributed by atoms with E-state index in [4.69, 9.17) is 16.3 Å². The Morgan fingerprint density at radius 3 is 2.83 bits per heavy atom. The molecule has 1 aromatic carbocycles. The number of aliphatic hydroxyl groups excluding tert-OH is 1. The minimum atomic E-state index is -0.400. The fraction of sp³-hybridized carbons (Fsp3) is 0.571. The smallest absolute Gasteiger partial charge is 0.139 e. The van der Waals surface area contributed by atoms with Crippen molar-refractivity contribution in [2.75, 3.05) is 6.61 Å². The Balaban J connectivity index is 1.81. The van der Waals surface area contributed by atoms with Crippen LogP contribution in [0, 0.1) is 5.92 Å². The van der Waals surface area contributed by atoms with Crippen LogP contribution in [0.4, 0.5) is 0 Å². The maximum Gasteiger partial charge on any atom is 0.139 e. The van der Waals surface area contributed by atoms with Gasteiger partial charge in [-0.2, -0.15) is 0 Å². The molecule has 0 heterocycles. The van der Waals surface area contributed by atoms with Crippen LogP contribution in [0.3, 0.4) is 0 Å². The van der Waals surface area contributed by atoms with Gasteiger partial charge in [0.15, 0.2) is 0 Å². The SMILES string of the molecule is OC(COc1cc(Br)ccc1Cl)CC1CCCC1. The normalized spacial score (nSPS) is 17.9. The summed E-state index contributed by atoms with van der Waals surface area (Å²) in [5, 5.41) is 10.5. The fourth-order valence-corrected chi connectivity index (χ4v) is 2.98. The minimum Gasteiger partial charge on any atom is -0.489 e. The van der Waals surface area contributed by atoms with Crippen molar-refractivity contribution in [3.05, 3.63) is 27.7 Å². The molecule has 2 rings (SSSR count). The quantitative estimate of drug-likeness (QED) is 0.864. The van der Waals surface area contributed by atoms with Crippen LogP contribution in [0.25, 0.3) is 0 Å². The molecule has 0 aliphatic heterocycles. The predicted molar refractivity (Wildman–Crippen MR) is 77.2 cm³/mol. The van der Waals surface area contributed by atoms with Crippen LogP contribution >= 0.6 is 27.5 Å². The Morgan fingerprint density at radius 2 is 2.11 bits per heavy atom. The summed E-state index contributed by atoms with van der Waals surface area (Å²) in [5.74, 6) is 1.29. The maximum atomic E-state index is 9.95. The highest BCUT2D eigenvalue weighted by atomic mass is 79.9. The zero-order valence-corrected chi connectivity index (χ0v) is 12.6. The Kier molecular flexibility index (Phi) is 5.34. The molecule has 1 unspecified atom stereocenters. The summed E-state index contributed by atoms with van der Waals surface area (Å²) >= 11 is 9.40. The molecule has 1 atom stereocenters. The first-order valence-electron chi connectivity index (χ1n) is 6.41. The molecule has 0 spiro atoms. The molecule has 100 valence electrons. The van der Waals surface area contributed by atoms with Crippen molar-refractivity contribution < 1.29 is 9.84 Å². The maximum absolute atomic E-state index is 9.95. The van der Waals surface area contributed by atoms with Gasteiger partial charge < -0.3 is 9.84 Å². The largest absolute Gasteiger partial charge is 0.489 e. The summed E-state index contributed by atoms with van der Waals surface area (Å²) in [7, 11) is 0. The molecule has 1 aliphatic rings. The van der Waals surface area contributed by atoms with Gasteiger partial charge >= 0.3 is 0 Å². The van der Waals surface area contributed by atoms with Crippen LogP contribution in [-0.4, -0.2) is 17.8 Å². The van der Waals surface area contributed by atoms with Crippen LogP contribution in [0.1, 0.15) is 32.1 Å². The molecule has 1 N–H and O–H groups in total. The molecular formula is C14H18BrClO2.